The van der Waals surface area contributed by atoms with Crippen molar-refractivity contribution in [3.63, 3.8) is 0 Å². The average Bonchev–Trinajstić information content (AvgIpc) is 2.48. The van der Waals surface area contributed by atoms with E-state index in [0.717, 1.165) is 22.6 Å². The van der Waals surface area contributed by atoms with Crippen LogP contribution in [-0.2, 0) is 21.5 Å². The van der Waals surface area contributed by atoms with Crippen molar-refractivity contribution in [2.24, 2.45) is 5.14 Å². The Bertz CT molecular complexity index is 439. The average molecular weight is 215 g/mol. The lowest BCUT2D eigenvalue weighted by Crippen LogP contribution is -2.14. The summed E-state index contributed by atoms with van der Waals surface area (Å²) in [6.07, 6.45) is 0. The highest BCUT2D eigenvalue weighted by Crippen LogP contribution is 2.33. The molecule has 1 aromatic rings. The van der Waals surface area contributed by atoms with Gasteiger partial charge in [-0.1, -0.05) is 12.1 Å². The maximum atomic E-state index is 11.2. The molecule has 13 heavy (non-hydrogen) atoms. The fraction of sp³-hybridized carbons (Fsp3) is 0.250. The van der Waals surface area contributed by atoms with Crippen LogP contribution in [0.15, 0.2) is 23.1 Å². The highest BCUT2D eigenvalue weighted by molar-refractivity contribution is 7.98. The zero-order valence-electron chi connectivity index (χ0n) is 6.86. The zero-order valence-corrected chi connectivity index (χ0v) is 8.49. The van der Waals surface area contributed by atoms with E-state index in [2.05, 4.69) is 0 Å². The maximum absolute atomic E-state index is 11.2. The van der Waals surface area contributed by atoms with Gasteiger partial charge in [-0.3, -0.25) is 0 Å². The standard InChI is InChI=1S/C8H9NO2S2/c9-13(10,11)8-3-1-2-6-4-12-5-7(6)8/h1-3H,4-5H2,(H2,9,10,11). The van der Waals surface area contributed by atoms with Gasteiger partial charge in [0.25, 0.3) is 0 Å². The molecule has 0 unspecified atom stereocenters. The molecule has 0 aromatic heterocycles. The number of hydrogen-bond acceptors (Lipinski definition) is 3. The molecule has 0 atom stereocenters. The third-order valence-corrected chi connectivity index (χ3v) is 4.04. The first kappa shape index (κ1) is 9.05. The van der Waals surface area contributed by atoms with Crippen LogP contribution in [0.25, 0.3) is 0 Å². The molecule has 2 rings (SSSR count). The predicted octanol–water partition coefficient (Wildman–Crippen LogP) is 1.08. The summed E-state index contributed by atoms with van der Waals surface area (Å²) in [5.74, 6) is 1.64. The zero-order chi connectivity index (χ0) is 9.47. The van der Waals surface area contributed by atoms with Gasteiger partial charge in [0.05, 0.1) is 4.90 Å². The molecular weight excluding hydrogens is 206 g/mol. The Morgan fingerprint density at radius 3 is 2.77 bits per heavy atom. The topological polar surface area (TPSA) is 60.2 Å². The summed E-state index contributed by atoms with van der Waals surface area (Å²) in [4.78, 5) is 0.287. The van der Waals surface area contributed by atoms with E-state index in [9.17, 15) is 8.42 Å². The van der Waals surface area contributed by atoms with E-state index in [4.69, 9.17) is 5.14 Å². The van der Waals surface area contributed by atoms with Crippen LogP contribution in [0.3, 0.4) is 0 Å². The van der Waals surface area contributed by atoms with Crippen molar-refractivity contribution in [1.82, 2.24) is 0 Å². The molecule has 0 spiro atoms. The lowest BCUT2D eigenvalue weighted by molar-refractivity contribution is 0.597. The first-order chi connectivity index (χ1) is 6.09. The van der Waals surface area contributed by atoms with Crippen LogP contribution in [0.5, 0.6) is 0 Å². The lowest BCUT2D eigenvalue weighted by Gasteiger charge is -2.04. The molecule has 70 valence electrons. The fourth-order valence-corrected chi connectivity index (χ4v) is 3.48. The summed E-state index contributed by atoms with van der Waals surface area (Å²) in [6, 6.07) is 5.26. The van der Waals surface area contributed by atoms with Crippen LogP contribution in [-0.4, -0.2) is 8.42 Å². The van der Waals surface area contributed by atoms with Crippen LogP contribution in [0.4, 0.5) is 0 Å². The molecule has 0 bridgehead atoms. The molecule has 1 aliphatic heterocycles. The molecule has 0 saturated heterocycles. The predicted molar refractivity (Wildman–Crippen MR) is 52.8 cm³/mol. The molecule has 1 aliphatic rings. The summed E-state index contributed by atoms with van der Waals surface area (Å²) in [6.45, 7) is 0. The van der Waals surface area contributed by atoms with Gasteiger partial charge in [-0.05, 0) is 17.2 Å². The molecule has 0 fully saturated rings. The number of nitrogens with two attached hydrogens (primary N) is 1. The van der Waals surface area contributed by atoms with Gasteiger partial charge in [0.1, 0.15) is 0 Å². The SMILES string of the molecule is NS(=O)(=O)c1cccc2c1CSC2. The van der Waals surface area contributed by atoms with E-state index in [-0.39, 0.29) is 4.90 Å². The molecule has 0 radical (unpaired) electrons. The first-order valence-electron chi connectivity index (χ1n) is 3.80. The lowest BCUT2D eigenvalue weighted by atomic mass is 10.1. The minimum absolute atomic E-state index is 0.287. The van der Waals surface area contributed by atoms with Crippen LogP contribution in [0, 0.1) is 0 Å². The van der Waals surface area contributed by atoms with Crippen molar-refractivity contribution in [3.05, 3.63) is 29.3 Å². The van der Waals surface area contributed by atoms with Crippen molar-refractivity contribution in [2.75, 3.05) is 0 Å². The van der Waals surface area contributed by atoms with Crippen molar-refractivity contribution < 1.29 is 8.42 Å². The smallest absolute Gasteiger partial charge is 0.225 e. The monoisotopic (exact) mass is 215 g/mol. The minimum atomic E-state index is -3.54. The van der Waals surface area contributed by atoms with Gasteiger partial charge >= 0.3 is 0 Å². The van der Waals surface area contributed by atoms with Gasteiger partial charge in [-0.2, -0.15) is 11.8 Å². The highest BCUT2D eigenvalue weighted by Gasteiger charge is 2.20. The Labute approximate surface area is 81.4 Å². The molecule has 3 nitrogen and oxygen atoms in total. The Morgan fingerprint density at radius 2 is 2.08 bits per heavy atom. The van der Waals surface area contributed by atoms with Gasteiger partial charge in [-0.15, -0.1) is 0 Å². The van der Waals surface area contributed by atoms with Crippen LogP contribution in [0.1, 0.15) is 11.1 Å². The number of fused-ring (bicyclic) bond motifs is 1. The number of hydrogen-bond donors (Lipinski definition) is 1. The van der Waals surface area contributed by atoms with E-state index in [0.29, 0.717) is 0 Å². The summed E-state index contributed by atoms with van der Waals surface area (Å²) in [7, 11) is -3.54. The summed E-state index contributed by atoms with van der Waals surface area (Å²) in [5.41, 5.74) is 1.98. The number of primary sulfonamides is 1. The molecule has 1 aromatic carbocycles. The largest absolute Gasteiger partial charge is 0.238 e. The Balaban J connectivity index is 2.67. The van der Waals surface area contributed by atoms with Gasteiger partial charge in [-0.25, -0.2) is 13.6 Å². The van der Waals surface area contributed by atoms with E-state index >= 15 is 0 Å². The van der Waals surface area contributed by atoms with Crippen molar-refractivity contribution in [3.8, 4) is 0 Å². The van der Waals surface area contributed by atoms with Gasteiger partial charge in [0.2, 0.25) is 10.0 Å². The Morgan fingerprint density at radius 1 is 1.31 bits per heavy atom. The fourth-order valence-electron chi connectivity index (χ4n) is 1.44. The van der Waals surface area contributed by atoms with Gasteiger partial charge in [0.15, 0.2) is 0 Å². The molecule has 0 saturated carbocycles. The van der Waals surface area contributed by atoms with E-state index in [1.807, 2.05) is 6.07 Å². The second kappa shape index (κ2) is 3.01. The quantitative estimate of drug-likeness (QED) is 0.762. The molecule has 2 N–H and O–H groups in total. The Hall–Kier alpha value is -0.520. The maximum Gasteiger partial charge on any atom is 0.238 e. The third-order valence-electron chi connectivity index (χ3n) is 2.04. The second-order valence-corrected chi connectivity index (χ2v) is 5.45. The highest BCUT2D eigenvalue weighted by atomic mass is 32.2. The van der Waals surface area contributed by atoms with Crippen LogP contribution >= 0.6 is 11.8 Å². The number of rotatable bonds is 1. The van der Waals surface area contributed by atoms with E-state index < -0.39 is 10.0 Å². The third kappa shape index (κ3) is 1.59. The van der Waals surface area contributed by atoms with Crippen molar-refractivity contribution in [1.29, 1.82) is 0 Å². The summed E-state index contributed by atoms with van der Waals surface area (Å²) < 4.78 is 22.3. The molecule has 0 amide bonds. The van der Waals surface area contributed by atoms with Gasteiger partial charge < -0.3 is 0 Å². The molecule has 5 heteroatoms. The van der Waals surface area contributed by atoms with Crippen LogP contribution in [0.2, 0.25) is 0 Å². The van der Waals surface area contributed by atoms with Crippen LogP contribution < -0.4 is 5.14 Å². The number of sulfonamides is 1. The van der Waals surface area contributed by atoms with Crippen molar-refractivity contribution in [2.45, 2.75) is 16.4 Å². The normalized spacial score (nSPS) is 15.8. The first-order valence-corrected chi connectivity index (χ1v) is 6.50. The van der Waals surface area contributed by atoms with Crippen molar-refractivity contribution >= 4 is 21.8 Å². The van der Waals surface area contributed by atoms with Gasteiger partial charge in [0, 0.05) is 11.5 Å². The van der Waals surface area contributed by atoms with E-state index in [1.165, 1.54) is 0 Å². The molecular formula is C8H9NO2S2. The summed E-state index contributed by atoms with van der Waals surface area (Å²) in [5, 5.41) is 5.09. The summed E-state index contributed by atoms with van der Waals surface area (Å²) >= 11 is 1.71. The molecule has 1 heterocycles. The second-order valence-electron chi connectivity index (χ2n) is 2.93. The molecule has 0 aliphatic carbocycles. The Kier molecular flexibility index (Phi) is 2.09. The van der Waals surface area contributed by atoms with E-state index in [1.54, 1.807) is 23.9 Å². The minimum Gasteiger partial charge on any atom is -0.225 e. The number of thioether (sulfide) groups is 1. The number of benzene rings is 1.